The van der Waals surface area contributed by atoms with E-state index in [0.29, 0.717) is 21.9 Å². The van der Waals surface area contributed by atoms with Gasteiger partial charge in [-0.1, -0.05) is 12.1 Å². The monoisotopic (exact) mass is 448 g/mol. The van der Waals surface area contributed by atoms with Gasteiger partial charge in [-0.05, 0) is 69.4 Å². The molecule has 0 saturated carbocycles. The molecule has 1 heterocycles. The van der Waals surface area contributed by atoms with Gasteiger partial charge in [-0.25, -0.2) is 0 Å². The van der Waals surface area contributed by atoms with E-state index in [1.807, 2.05) is 30.3 Å². The number of hydrogen-bond donors (Lipinski definition) is 0. The second kappa shape index (κ2) is 4.24. The van der Waals surface area contributed by atoms with Gasteiger partial charge in [-0.2, -0.15) is 0 Å². The Morgan fingerprint density at radius 2 is 1.76 bits per heavy atom. The van der Waals surface area contributed by atoms with Crippen LogP contribution in [0.15, 0.2) is 45.6 Å². The van der Waals surface area contributed by atoms with Gasteiger partial charge in [-0.15, -0.1) is 0 Å². The van der Waals surface area contributed by atoms with Gasteiger partial charge in [0.05, 0.1) is 14.3 Å². The van der Waals surface area contributed by atoms with Crippen molar-refractivity contribution in [1.82, 2.24) is 0 Å². The summed E-state index contributed by atoms with van der Waals surface area (Å²) in [5.74, 6) is 0. The zero-order valence-electron chi connectivity index (χ0n) is 8.54. The van der Waals surface area contributed by atoms with Gasteiger partial charge in [0.1, 0.15) is 5.58 Å². The van der Waals surface area contributed by atoms with E-state index in [9.17, 15) is 4.79 Å². The highest BCUT2D eigenvalue weighted by molar-refractivity contribution is 14.1. The third-order valence-electron chi connectivity index (χ3n) is 2.60. The third-order valence-corrected chi connectivity index (χ3v) is 4.02. The molecule has 0 fully saturated rings. The zero-order valence-corrected chi connectivity index (χ0v) is 12.9. The van der Waals surface area contributed by atoms with Crippen molar-refractivity contribution in [3.63, 3.8) is 0 Å². The van der Waals surface area contributed by atoms with Crippen molar-refractivity contribution in [2.45, 2.75) is 0 Å². The van der Waals surface area contributed by atoms with Gasteiger partial charge >= 0.3 is 0 Å². The molecule has 2 nitrogen and oxygen atoms in total. The van der Waals surface area contributed by atoms with E-state index in [4.69, 9.17) is 4.42 Å². The van der Waals surface area contributed by atoms with Crippen LogP contribution in [0.1, 0.15) is 0 Å². The van der Waals surface area contributed by atoms with Gasteiger partial charge in [-0.3, -0.25) is 4.79 Å². The Bertz CT molecular complexity index is 790. The van der Waals surface area contributed by atoms with E-state index in [1.165, 1.54) is 0 Å². The minimum atomic E-state index is 0.0401. The number of fused-ring (bicyclic) bond motifs is 2. The van der Waals surface area contributed by atoms with Gasteiger partial charge in [0.15, 0.2) is 5.58 Å². The lowest BCUT2D eigenvalue weighted by molar-refractivity contribution is 0.657. The molecule has 0 radical (unpaired) electrons. The highest BCUT2D eigenvalue weighted by Gasteiger charge is 2.10. The third kappa shape index (κ3) is 1.87. The van der Waals surface area contributed by atoms with E-state index >= 15 is 0 Å². The van der Waals surface area contributed by atoms with Crippen LogP contribution in [-0.4, -0.2) is 0 Å². The quantitative estimate of drug-likeness (QED) is 0.382. The summed E-state index contributed by atoms with van der Waals surface area (Å²) in [7, 11) is 0. The molecule has 0 atom stereocenters. The fourth-order valence-electron chi connectivity index (χ4n) is 1.83. The molecule has 4 heteroatoms. The summed E-state index contributed by atoms with van der Waals surface area (Å²) in [4.78, 5) is 12.3. The molecule has 0 saturated heterocycles. The average Bonchev–Trinajstić information content (AvgIpc) is 2.31. The van der Waals surface area contributed by atoms with Gasteiger partial charge < -0.3 is 4.42 Å². The second-order valence-electron chi connectivity index (χ2n) is 3.69. The number of rotatable bonds is 0. The highest BCUT2D eigenvalue weighted by atomic mass is 127. The molecule has 0 N–H and O–H groups in total. The molecule has 2 aromatic carbocycles. The van der Waals surface area contributed by atoms with Gasteiger partial charge in [0.2, 0.25) is 5.43 Å². The van der Waals surface area contributed by atoms with Crippen molar-refractivity contribution < 1.29 is 4.42 Å². The maximum atomic E-state index is 12.3. The predicted octanol–water partition coefficient (Wildman–Crippen LogP) is 4.16. The van der Waals surface area contributed by atoms with E-state index < -0.39 is 0 Å². The van der Waals surface area contributed by atoms with Crippen LogP contribution in [0, 0.1) is 7.14 Å². The Labute approximate surface area is 124 Å². The molecule has 1 aromatic heterocycles. The zero-order chi connectivity index (χ0) is 12.0. The van der Waals surface area contributed by atoms with Crippen LogP contribution in [0.4, 0.5) is 0 Å². The molecule has 0 aliphatic rings. The lowest BCUT2D eigenvalue weighted by Crippen LogP contribution is -2.03. The minimum Gasteiger partial charge on any atom is -0.455 e. The Morgan fingerprint density at radius 3 is 2.59 bits per heavy atom. The molecule has 3 aromatic rings. The van der Waals surface area contributed by atoms with E-state index in [2.05, 4.69) is 45.2 Å². The summed E-state index contributed by atoms with van der Waals surface area (Å²) in [5.41, 5.74) is 1.36. The van der Waals surface area contributed by atoms with Crippen molar-refractivity contribution >= 4 is 67.1 Å². The lowest BCUT2D eigenvalue weighted by Gasteiger charge is -2.03. The van der Waals surface area contributed by atoms with Gasteiger partial charge in [0.25, 0.3) is 0 Å². The summed E-state index contributed by atoms with van der Waals surface area (Å²) < 4.78 is 7.81. The molecule has 3 rings (SSSR count). The topological polar surface area (TPSA) is 30.2 Å². The van der Waals surface area contributed by atoms with Crippen molar-refractivity contribution in [1.29, 1.82) is 0 Å². The smallest absolute Gasteiger partial charge is 0.200 e. The van der Waals surface area contributed by atoms with Crippen LogP contribution in [0.3, 0.4) is 0 Å². The molecule has 0 bridgehead atoms. The Kier molecular flexibility index (Phi) is 2.86. The Hall–Kier alpha value is -0.630. The minimum absolute atomic E-state index is 0.0401. The Balaban J connectivity index is 2.64. The number of halogens is 2. The molecule has 0 amide bonds. The van der Waals surface area contributed by atoms with Crippen molar-refractivity contribution in [3.8, 4) is 0 Å². The van der Waals surface area contributed by atoms with E-state index in [1.54, 1.807) is 6.07 Å². The number of hydrogen-bond acceptors (Lipinski definition) is 2. The van der Waals surface area contributed by atoms with Crippen LogP contribution in [0.5, 0.6) is 0 Å². The molecule has 0 spiro atoms. The van der Waals surface area contributed by atoms with Crippen molar-refractivity contribution in [3.05, 3.63) is 53.8 Å². The molecular formula is C13H6I2O2. The van der Waals surface area contributed by atoms with Gasteiger partial charge in [0, 0.05) is 3.57 Å². The number of benzene rings is 2. The maximum Gasteiger partial charge on any atom is 0.200 e. The largest absolute Gasteiger partial charge is 0.455 e. The second-order valence-corrected chi connectivity index (χ2v) is 6.10. The predicted molar refractivity (Wildman–Crippen MR) is 85.4 cm³/mol. The summed E-state index contributed by atoms with van der Waals surface area (Å²) in [6.07, 6.45) is 0. The standard InChI is InChI=1S/C13H6I2O2/c14-7-5-9-12(16)8-3-1-2-4-11(8)17-13(9)10(15)6-7/h1-6H. The molecule has 17 heavy (non-hydrogen) atoms. The Morgan fingerprint density at radius 1 is 1.00 bits per heavy atom. The molecule has 0 aliphatic carbocycles. The SMILES string of the molecule is O=c1c2ccccc2oc2c(I)cc(I)cc12. The molecular weight excluding hydrogens is 442 g/mol. The summed E-state index contributed by atoms with van der Waals surface area (Å²) >= 11 is 4.40. The van der Waals surface area contributed by atoms with Crippen LogP contribution >= 0.6 is 45.2 Å². The van der Waals surface area contributed by atoms with Crippen LogP contribution in [0.25, 0.3) is 21.9 Å². The molecule has 0 unspecified atom stereocenters. The lowest BCUT2D eigenvalue weighted by atomic mass is 10.1. The first-order chi connectivity index (χ1) is 8.16. The first-order valence-electron chi connectivity index (χ1n) is 4.97. The molecule has 0 aliphatic heterocycles. The summed E-state index contributed by atoms with van der Waals surface area (Å²) in [6, 6.07) is 11.2. The summed E-state index contributed by atoms with van der Waals surface area (Å²) in [5, 5.41) is 1.29. The summed E-state index contributed by atoms with van der Waals surface area (Å²) in [6.45, 7) is 0. The van der Waals surface area contributed by atoms with E-state index in [0.717, 1.165) is 7.14 Å². The van der Waals surface area contributed by atoms with Crippen LogP contribution < -0.4 is 5.43 Å². The van der Waals surface area contributed by atoms with Crippen LogP contribution in [0.2, 0.25) is 0 Å². The van der Waals surface area contributed by atoms with Crippen LogP contribution in [-0.2, 0) is 0 Å². The fraction of sp³-hybridized carbons (Fsp3) is 0. The number of para-hydroxylation sites is 1. The molecule has 84 valence electrons. The first kappa shape index (κ1) is 11.5. The fourth-order valence-corrected chi connectivity index (χ4v) is 3.79. The first-order valence-corrected chi connectivity index (χ1v) is 7.13. The maximum absolute atomic E-state index is 12.3. The normalized spacial score (nSPS) is 11.2. The van der Waals surface area contributed by atoms with E-state index in [-0.39, 0.29) is 5.43 Å². The highest BCUT2D eigenvalue weighted by Crippen LogP contribution is 2.25. The average molecular weight is 448 g/mol. The van der Waals surface area contributed by atoms with Crippen molar-refractivity contribution in [2.24, 2.45) is 0 Å². The van der Waals surface area contributed by atoms with Crippen molar-refractivity contribution in [2.75, 3.05) is 0 Å².